The third kappa shape index (κ3) is 3.14. The Labute approximate surface area is 74.5 Å². The van der Waals surface area contributed by atoms with E-state index >= 15 is 0 Å². The van der Waals surface area contributed by atoms with Gasteiger partial charge in [-0.3, -0.25) is 0 Å². The third-order valence-corrected chi connectivity index (χ3v) is 2.28. The second-order valence-electron chi connectivity index (χ2n) is 3.48. The number of rotatable bonds is 3. The lowest BCUT2D eigenvalue weighted by atomic mass is 9.93. The molecule has 1 heterocycles. The van der Waals surface area contributed by atoms with Crippen LogP contribution in [0.1, 0.15) is 19.3 Å². The van der Waals surface area contributed by atoms with E-state index in [-0.39, 0.29) is 5.92 Å². The minimum absolute atomic E-state index is 0.308. The summed E-state index contributed by atoms with van der Waals surface area (Å²) < 4.78 is 48.7. The van der Waals surface area contributed by atoms with E-state index in [4.69, 9.17) is 0 Å². The highest BCUT2D eigenvalue weighted by molar-refractivity contribution is 4.78. The molecule has 1 N–H and O–H groups in total. The Morgan fingerprint density at radius 1 is 1.38 bits per heavy atom. The van der Waals surface area contributed by atoms with Gasteiger partial charge in [0, 0.05) is 6.42 Å². The van der Waals surface area contributed by atoms with Crippen molar-refractivity contribution in [3.63, 3.8) is 0 Å². The smallest absolute Gasteiger partial charge is 0.307 e. The first kappa shape index (κ1) is 10.8. The zero-order chi connectivity index (χ0) is 9.90. The molecule has 0 aromatic rings. The van der Waals surface area contributed by atoms with Crippen LogP contribution in [0, 0.1) is 5.92 Å². The SMILES string of the molecule is FC(F)C(F)(F)CC1CCCNC1. The van der Waals surface area contributed by atoms with Crippen LogP contribution in [0.2, 0.25) is 0 Å². The molecule has 0 aromatic carbocycles. The summed E-state index contributed by atoms with van der Waals surface area (Å²) in [6.45, 7) is 1.24. The van der Waals surface area contributed by atoms with E-state index in [1.807, 2.05) is 0 Å². The molecule has 5 heteroatoms. The minimum Gasteiger partial charge on any atom is -0.316 e. The van der Waals surface area contributed by atoms with E-state index in [9.17, 15) is 17.6 Å². The van der Waals surface area contributed by atoms with E-state index < -0.39 is 18.8 Å². The second kappa shape index (κ2) is 4.26. The molecule has 0 amide bonds. The van der Waals surface area contributed by atoms with Crippen LogP contribution in [0.3, 0.4) is 0 Å². The van der Waals surface area contributed by atoms with Gasteiger partial charge in [-0.15, -0.1) is 0 Å². The van der Waals surface area contributed by atoms with Crippen molar-refractivity contribution in [2.24, 2.45) is 5.92 Å². The number of piperidine rings is 1. The average molecular weight is 199 g/mol. The van der Waals surface area contributed by atoms with Crippen LogP contribution in [0.4, 0.5) is 17.6 Å². The van der Waals surface area contributed by atoms with Gasteiger partial charge in [0.2, 0.25) is 0 Å². The van der Waals surface area contributed by atoms with Gasteiger partial charge in [-0.25, -0.2) is 17.6 Å². The van der Waals surface area contributed by atoms with Gasteiger partial charge in [0.25, 0.3) is 0 Å². The molecule has 1 rings (SSSR count). The molecular formula is C8H13F4N. The van der Waals surface area contributed by atoms with Crippen LogP contribution in [0.25, 0.3) is 0 Å². The molecule has 0 aliphatic carbocycles. The van der Waals surface area contributed by atoms with Gasteiger partial charge in [0.05, 0.1) is 0 Å². The van der Waals surface area contributed by atoms with E-state index in [1.165, 1.54) is 0 Å². The molecule has 0 bridgehead atoms. The van der Waals surface area contributed by atoms with E-state index in [0.717, 1.165) is 13.0 Å². The Bertz CT molecular complexity index is 154. The first-order chi connectivity index (χ1) is 6.02. The van der Waals surface area contributed by atoms with E-state index in [0.29, 0.717) is 13.0 Å². The first-order valence-electron chi connectivity index (χ1n) is 4.39. The standard InChI is InChI=1S/C8H13F4N/c9-7(10)8(11,12)4-6-2-1-3-13-5-6/h6-7,13H,1-5H2. The molecule has 0 saturated carbocycles. The van der Waals surface area contributed by atoms with Crippen molar-refractivity contribution < 1.29 is 17.6 Å². The lowest BCUT2D eigenvalue weighted by molar-refractivity contribution is -0.141. The van der Waals surface area contributed by atoms with Crippen LogP contribution in [0.5, 0.6) is 0 Å². The molecular weight excluding hydrogens is 186 g/mol. The van der Waals surface area contributed by atoms with Crippen LogP contribution in [-0.4, -0.2) is 25.4 Å². The number of halogens is 4. The van der Waals surface area contributed by atoms with Crippen molar-refractivity contribution in [2.45, 2.75) is 31.6 Å². The Balaban J connectivity index is 2.37. The average Bonchev–Trinajstić information content (AvgIpc) is 2.05. The summed E-state index contributed by atoms with van der Waals surface area (Å²) in [5.74, 6) is -4.12. The van der Waals surface area contributed by atoms with Crippen LogP contribution in [0.15, 0.2) is 0 Å². The van der Waals surface area contributed by atoms with E-state index in [2.05, 4.69) is 5.32 Å². The van der Waals surface area contributed by atoms with Crippen molar-refractivity contribution in [2.75, 3.05) is 13.1 Å². The maximum atomic E-state index is 12.6. The van der Waals surface area contributed by atoms with Crippen LogP contribution >= 0.6 is 0 Å². The number of alkyl halides is 4. The van der Waals surface area contributed by atoms with Gasteiger partial charge in [0.1, 0.15) is 0 Å². The quantitative estimate of drug-likeness (QED) is 0.687. The largest absolute Gasteiger partial charge is 0.316 e. The molecule has 1 aliphatic rings. The van der Waals surface area contributed by atoms with Crippen LogP contribution in [-0.2, 0) is 0 Å². The lowest BCUT2D eigenvalue weighted by Crippen LogP contribution is -2.36. The molecule has 1 fully saturated rings. The van der Waals surface area contributed by atoms with Crippen molar-refractivity contribution >= 4 is 0 Å². The second-order valence-corrected chi connectivity index (χ2v) is 3.48. The third-order valence-electron chi connectivity index (χ3n) is 2.28. The zero-order valence-electron chi connectivity index (χ0n) is 7.20. The van der Waals surface area contributed by atoms with Crippen molar-refractivity contribution in [3.8, 4) is 0 Å². The fraction of sp³-hybridized carbons (Fsp3) is 1.00. The molecule has 0 aromatic heterocycles. The summed E-state index contributed by atoms with van der Waals surface area (Å²) in [6.07, 6.45) is -2.81. The molecule has 0 spiro atoms. The van der Waals surface area contributed by atoms with Gasteiger partial charge in [-0.1, -0.05) is 0 Å². The normalized spacial score (nSPS) is 25.2. The summed E-state index contributed by atoms with van der Waals surface area (Å²) in [6, 6.07) is 0. The van der Waals surface area contributed by atoms with Gasteiger partial charge in [-0.05, 0) is 31.8 Å². The van der Waals surface area contributed by atoms with Gasteiger partial charge < -0.3 is 5.32 Å². The fourth-order valence-electron chi connectivity index (χ4n) is 1.57. The van der Waals surface area contributed by atoms with Crippen molar-refractivity contribution in [1.82, 2.24) is 5.32 Å². The Kier molecular flexibility index (Phi) is 3.53. The summed E-state index contributed by atoms with van der Waals surface area (Å²) in [4.78, 5) is 0. The van der Waals surface area contributed by atoms with Crippen molar-refractivity contribution in [3.05, 3.63) is 0 Å². The molecule has 1 atom stereocenters. The number of nitrogens with one attached hydrogen (secondary N) is 1. The highest BCUT2D eigenvalue weighted by Crippen LogP contribution is 2.32. The Morgan fingerprint density at radius 2 is 2.08 bits per heavy atom. The fourth-order valence-corrected chi connectivity index (χ4v) is 1.57. The maximum absolute atomic E-state index is 12.6. The first-order valence-corrected chi connectivity index (χ1v) is 4.39. The highest BCUT2D eigenvalue weighted by atomic mass is 19.3. The monoisotopic (exact) mass is 199 g/mol. The van der Waals surface area contributed by atoms with Gasteiger partial charge in [-0.2, -0.15) is 0 Å². The summed E-state index contributed by atoms with van der Waals surface area (Å²) in [5, 5.41) is 2.92. The predicted octanol–water partition coefficient (Wildman–Crippen LogP) is 2.28. The molecule has 78 valence electrons. The van der Waals surface area contributed by atoms with Crippen molar-refractivity contribution in [1.29, 1.82) is 0 Å². The molecule has 13 heavy (non-hydrogen) atoms. The molecule has 1 aliphatic heterocycles. The summed E-state index contributed by atoms with van der Waals surface area (Å²) in [7, 11) is 0. The van der Waals surface area contributed by atoms with E-state index in [1.54, 1.807) is 0 Å². The molecule has 1 saturated heterocycles. The lowest BCUT2D eigenvalue weighted by Gasteiger charge is -2.26. The maximum Gasteiger partial charge on any atom is 0.307 e. The summed E-state index contributed by atoms with van der Waals surface area (Å²) >= 11 is 0. The van der Waals surface area contributed by atoms with Gasteiger partial charge >= 0.3 is 12.3 Å². The molecule has 1 unspecified atom stereocenters. The highest BCUT2D eigenvalue weighted by Gasteiger charge is 2.42. The Morgan fingerprint density at radius 3 is 2.54 bits per heavy atom. The molecule has 1 nitrogen and oxygen atoms in total. The predicted molar refractivity (Wildman–Crippen MR) is 41.2 cm³/mol. The minimum atomic E-state index is -3.82. The van der Waals surface area contributed by atoms with Gasteiger partial charge in [0.15, 0.2) is 0 Å². The number of hydrogen-bond donors (Lipinski definition) is 1. The zero-order valence-corrected chi connectivity index (χ0v) is 7.20. The molecule has 0 radical (unpaired) electrons. The number of hydrogen-bond acceptors (Lipinski definition) is 1. The summed E-state index contributed by atoms with van der Waals surface area (Å²) in [5.41, 5.74) is 0. The Hall–Kier alpha value is -0.320. The topological polar surface area (TPSA) is 12.0 Å². The van der Waals surface area contributed by atoms with Crippen LogP contribution < -0.4 is 5.32 Å².